The molecule has 0 unspecified atom stereocenters. The van der Waals surface area contributed by atoms with Gasteiger partial charge in [0.1, 0.15) is 40.4 Å². The molecule has 15 nitrogen and oxygen atoms in total. The third-order valence-electron chi connectivity index (χ3n) is 12.4. The van der Waals surface area contributed by atoms with E-state index in [0.29, 0.717) is 43.2 Å². The van der Waals surface area contributed by atoms with Gasteiger partial charge in [-0.25, -0.2) is 22.4 Å². The molecule has 17 heteroatoms. The van der Waals surface area contributed by atoms with Crippen molar-refractivity contribution >= 4 is 39.9 Å². The predicted octanol–water partition coefficient (Wildman–Crippen LogP) is 3.53. The molecule has 0 spiro atoms. The number of methoxy groups -OCH3 is 1. The minimum atomic E-state index is -4.14. The molecule has 5 fully saturated rings. The van der Waals surface area contributed by atoms with Gasteiger partial charge in [-0.2, -0.15) is 0 Å². The second-order valence-corrected chi connectivity index (χ2v) is 18.3. The quantitative estimate of drug-likeness (QED) is 0.352. The Balaban J connectivity index is 1.12. The maximum Gasteiger partial charge on any atom is 0.410 e. The molecular formula is C38H52FN5O10S. The van der Waals surface area contributed by atoms with Crippen LogP contribution in [-0.2, 0) is 51.7 Å². The van der Waals surface area contributed by atoms with Gasteiger partial charge in [-0.05, 0) is 75.3 Å². The predicted molar refractivity (Wildman–Crippen MR) is 194 cm³/mol. The molecule has 5 atom stereocenters. The topological polar surface area (TPSA) is 190 Å². The summed E-state index contributed by atoms with van der Waals surface area (Å²) in [7, 11) is -2.74. The fraction of sp³-hybridized carbons (Fsp3) is 0.711. The molecule has 0 radical (unpaired) electrons. The average Bonchev–Trinajstić information content (AvgIpc) is 3.81. The van der Waals surface area contributed by atoms with Gasteiger partial charge in [0.05, 0.1) is 19.7 Å². The van der Waals surface area contributed by atoms with E-state index in [9.17, 15) is 36.8 Å². The number of fused-ring (bicyclic) bond motifs is 3. The molecule has 3 aliphatic carbocycles. The van der Waals surface area contributed by atoms with E-state index in [1.165, 1.54) is 23.0 Å². The van der Waals surface area contributed by atoms with E-state index in [4.69, 9.17) is 14.2 Å². The smallest absolute Gasteiger partial charge is 0.410 e. The Kier molecular flexibility index (Phi) is 11.3. The lowest BCUT2D eigenvalue weighted by molar-refractivity contribution is -0.141. The van der Waals surface area contributed by atoms with Crippen molar-refractivity contribution in [3.05, 3.63) is 35.1 Å². The maximum atomic E-state index is 14.5. The van der Waals surface area contributed by atoms with E-state index in [1.54, 1.807) is 12.1 Å². The fourth-order valence-electron chi connectivity index (χ4n) is 8.85. The van der Waals surface area contributed by atoms with Gasteiger partial charge in [-0.1, -0.05) is 44.2 Å². The van der Waals surface area contributed by atoms with Crippen LogP contribution in [0.1, 0.15) is 107 Å². The van der Waals surface area contributed by atoms with Crippen molar-refractivity contribution in [3.63, 3.8) is 0 Å². The van der Waals surface area contributed by atoms with Crippen molar-refractivity contribution in [1.29, 1.82) is 0 Å². The van der Waals surface area contributed by atoms with Crippen LogP contribution in [0.15, 0.2) is 18.2 Å². The summed E-state index contributed by atoms with van der Waals surface area (Å²) in [5.74, 6) is -2.84. The maximum absolute atomic E-state index is 14.5. The second-order valence-electron chi connectivity index (χ2n) is 16.2. The first-order valence-corrected chi connectivity index (χ1v) is 21.2. The molecule has 5 amide bonds. The molecule has 55 heavy (non-hydrogen) atoms. The summed E-state index contributed by atoms with van der Waals surface area (Å²) in [5.41, 5.74) is -0.472. The molecule has 3 heterocycles. The number of nitrogens with zero attached hydrogens (tertiary/aromatic N) is 2. The highest BCUT2D eigenvalue weighted by molar-refractivity contribution is 7.91. The van der Waals surface area contributed by atoms with Gasteiger partial charge in [-0.3, -0.25) is 24.0 Å². The number of hydrogen-bond donors (Lipinski definition) is 3. The number of carbonyl (C=O) groups is 5. The molecule has 3 N–H and O–H groups in total. The van der Waals surface area contributed by atoms with Gasteiger partial charge in [0.25, 0.3) is 5.91 Å². The number of benzene rings is 1. The minimum Gasteiger partial charge on any atom is -0.446 e. The highest BCUT2D eigenvalue weighted by Gasteiger charge is 2.64. The van der Waals surface area contributed by atoms with E-state index in [1.807, 2.05) is 0 Å². The average molecular weight is 790 g/mol. The van der Waals surface area contributed by atoms with E-state index in [2.05, 4.69) is 15.4 Å². The normalized spacial score (nSPS) is 29.5. The number of amides is 5. The van der Waals surface area contributed by atoms with Gasteiger partial charge in [0.15, 0.2) is 0 Å². The number of hydrogen-bond acceptors (Lipinski definition) is 10. The number of alkyl carbamates (subject to hydrolysis) is 1. The van der Waals surface area contributed by atoms with Gasteiger partial charge < -0.3 is 29.7 Å². The molecular weight excluding hydrogens is 738 g/mol. The highest BCUT2D eigenvalue weighted by atomic mass is 32.2. The van der Waals surface area contributed by atoms with Crippen molar-refractivity contribution in [1.82, 2.24) is 25.2 Å². The summed E-state index contributed by atoms with van der Waals surface area (Å²) < 4.78 is 59.0. The minimum absolute atomic E-state index is 0.00279. The van der Waals surface area contributed by atoms with Crippen molar-refractivity contribution in [2.75, 3.05) is 20.3 Å². The number of ether oxygens (including phenoxy) is 3. The summed E-state index contributed by atoms with van der Waals surface area (Å²) >= 11 is 0. The summed E-state index contributed by atoms with van der Waals surface area (Å²) in [5, 5.41) is 5.61. The van der Waals surface area contributed by atoms with Crippen LogP contribution in [0.2, 0.25) is 0 Å². The first-order chi connectivity index (χ1) is 26.3. The molecule has 3 saturated carbocycles. The van der Waals surface area contributed by atoms with Crippen molar-refractivity contribution in [2.45, 2.75) is 144 Å². The van der Waals surface area contributed by atoms with E-state index >= 15 is 0 Å². The van der Waals surface area contributed by atoms with Crippen molar-refractivity contribution in [3.8, 4) is 0 Å². The van der Waals surface area contributed by atoms with Crippen LogP contribution in [-0.4, -0.2) is 103 Å². The van der Waals surface area contributed by atoms with Crippen LogP contribution in [0.5, 0.6) is 0 Å². The first kappa shape index (κ1) is 39.3. The molecule has 6 aliphatic rings. The third kappa shape index (κ3) is 8.28. The zero-order chi connectivity index (χ0) is 39.0. The molecule has 0 aromatic heterocycles. The summed E-state index contributed by atoms with van der Waals surface area (Å²) in [6, 6.07) is 2.37. The molecule has 302 valence electrons. The molecule has 2 saturated heterocycles. The van der Waals surface area contributed by atoms with Gasteiger partial charge in [-0.15, -0.1) is 0 Å². The van der Waals surface area contributed by atoms with E-state index in [-0.39, 0.29) is 51.1 Å². The van der Waals surface area contributed by atoms with Crippen LogP contribution >= 0.6 is 0 Å². The van der Waals surface area contributed by atoms with Crippen molar-refractivity contribution in [2.24, 2.45) is 5.92 Å². The van der Waals surface area contributed by atoms with Crippen molar-refractivity contribution < 1.29 is 51.0 Å². The zero-order valence-corrected chi connectivity index (χ0v) is 32.1. The van der Waals surface area contributed by atoms with Gasteiger partial charge in [0, 0.05) is 25.6 Å². The standard InChI is InChI=1S/C38H52FN5O10S/c1-52-23-37(16-17-37)55(50,51)42-34(47)38-19-25(38)11-5-3-2-4-6-15-30(40-35(48)53-26-12-7-8-13-26)33(46)44-21-27(18-31(44)32(45)41-38)54-36(49)43-20-24-10-9-14-29(39)28(24)22-43/h9-10,14,25-27,30-31H,2-8,11-13,15-23H2,1H3,(H,40,48)(H,41,45)(H,42,47)/t25-,27-,30+,31+,38-/m1/s1. The van der Waals surface area contributed by atoms with Gasteiger partial charge in [0.2, 0.25) is 21.8 Å². The van der Waals surface area contributed by atoms with Crippen LogP contribution in [0.25, 0.3) is 0 Å². The first-order valence-electron chi connectivity index (χ1n) is 19.7. The Bertz CT molecular complexity index is 1790. The SMILES string of the molecule is COCC1(S(=O)(=O)NC(=O)[C@@]23C[C@H]2CCCCCCC[C@H](NC(=O)OC2CCCC2)C(=O)N2C[C@H](OC(=O)N4Cc5cccc(F)c5C4)C[C@H]2C(=O)N3)CC1. The van der Waals surface area contributed by atoms with Gasteiger partial charge >= 0.3 is 12.2 Å². The Morgan fingerprint density at radius 2 is 1.65 bits per heavy atom. The second kappa shape index (κ2) is 15.9. The molecule has 1 aromatic carbocycles. The lowest BCUT2D eigenvalue weighted by Gasteiger charge is -2.30. The number of halogens is 1. The van der Waals surface area contributed by atoms with Crippen LogP contribution in [0.4, 0.5) is 14.0 Å². The highest BCUT2D eigenvalue weighted by Crippen LogP contribution is 2.49. The Morgan fingerprint density at radius 1 is 0.945 bits per heavy atom. The Hall–Kier alpha value is -3.99. The third-order valence-corrected chi connectivity index (χ3v) is 14.5. The molecule has 0 bridgehead atoms. The lowest BCUT2D eigenvalue weighted by Crippen LogP contribution is -2.59. The van der Waals surface area contributed by atoms with Crippen LogP contribution in [0.3, 0.4) is 0 Å². The number of rotatable bonds is 8. The zero-order valence-electron chi connectivity index (χ0n) is 31.3. The lowest BCUT2D eigenvalue weighted by atomic mass is 10.0. The largest absolute Gasteiger partial charge is 0.446 e. The summed E-state index contributed by atoms with van der Waals surface area (Å²) in [6.07, 6.45) is 6.23. The molecule has 3 aliphatic heterocycles. The van der Waals surface area contributed by atoms with E-state index in [0.717, 1.165) is 51.4 Å². The van der Waals surface area contributed by atoms with E-state index < -0.39 is 74.2 Å². The summed E-state index contributed by atoms with van der Waals surface area (Å²) in [4.78, 5) is 71.9. The number of carbonyl (C=O) groups excluding carboxylic acids is 5. The Labute approximate surface area is 320 Å². The van der Waals surface area contributed by atoms with Crippen LogP contribution < -0.4 is 15.4 Å². The monoisotopic (exact) mass is 789 g/mol. The number of nitrogens with one attached hydrogen (secondary N) is 3. The molecule has 7 rings (SSSR count). The number of sulfonamides is 1. The van der Waals surface area contributed by atoms with Crippen LogP contribution in [0, 0.1) is 11.7 Å². The fourth-order valence-corrected chi connectivity index (χ4v) is 10.4. The Morgan fingerprint density at radius 3 is 2.36 bits per heavy atom. The summed E-state index contributed by atoms with van der Waals surface area (Å²) in [6.45, 7) is -0.111. The molecule has 1 aromatic rings.